The number of alkyl halides is 1. The highest BCUT2D eigenvalue weighted by Gasteiger charge is 2.19. The molecule has 5 heteroatoms. The van der Waals surface area contributed by atoms with Gasteiger partial charge in [0.1, 0.15) is 0 Å². The van der Waals surface area contributed by atoms with Crippen molar-refractivity contribution in [3.05, 3.63) is 15.9 Å². The molecule has 0 amide bonds. The summed E-state index contributed by atoms with van der Waals surface area (Å²) in [6.45, 7) is 8.72. The van der Waals surface area contributed by atoms with E-state index in [4.69, 9.17) is 0 Å². The fourth-order valence-corrected chi connectivity index (χ4v) is 3.69. The van der Waals surface area contributed by atoms with Crippen LogP contribution < -0.4 is 0 Å². The van der Waals surface area contributed by atoms with Gasteiger partial charge in [-0.3, -0.25) is 9.58 Å². The number of aryl methyl sites for hydroxylation is 2. The Morgan fingerprint density at radius 3 is 2.32 bits per heavy atom. The number of aromatic nitrogens is 2. The summed E-state index contributed by atoms with van der Waals surface area (Å²) in [7, 11) is 2.04. The van der Waals surface area contributed by atoms with Gasteiger partial charge in [-0.1, -0.05) is 36.7 Å². The molecule has 0 spiro atoms. The minimum absolute atomic E-state index is 0.643. The van der Waals surface area contributed by atoms with Crippen molar-refractivity contribution in [2.75, 3.05) is 11.9 Å². The second-order valence-electron chi connectivity index (χ2n) is 4.81. The van der Waals surface area contributed by atoms with Crippen LogP contribution in [0.1, 0.15) is 45.0 Å². The first-order valence-corrected chi connectivity index (χ1v) is 9.00. The molecule has 110 valence electrons. The van der Waals surface area contributed by atoms with Crippen LogP contribution >= 0.6 is 31.9 Å². The third-order valence-corrected chi connectivity index (χ3v) is 4.96. The molecule has 0 radical (unpaired) electrons. The summed E-state index contributed by atoms with van der Waals surface area (Å²) in [5, 5.41) is 5.60. The molecule has 0 fully saturated rings. The van der Waals surface area contributed by atoms with Gasteiger partial charge in [-0.2, -0.15) is 5.10 Å². The van der Waals surface area contributed by atoms with Crippen LogP contribution in [0.4, 0.5) is 0 Å². The normalized spacial score (nSPS) is 11.8. The van der Waals surface area contributed by atoms with Gasteiger partial charge in [0, 0.05) is 31.5 Å². The fourth-order valence-electron chi connectivity index (χ4n) is 2.49. The van der Waals surface area contributed by atoms with Crippen LogP contribution in [0.2, 0.25) is 0 Å². The SMILES string of the molecule is CCc1nn(C)c(CN(CCBr)C(CC)CC)c1Br. The van der Waals surface area contributed by atoms with Gasteiger partial charge in [-0.25, -0.2) is 0 Å². The third kappa shape index (κ3) is 4.30. The Hall–Kier alpha value is 0.130. The molecule has 19 heavy (non-hydrogen) atoms. The molecule has 0 saturated carbocycles. The topological polar surface area (TPSA) is 21.1 Å². The van der Waals surface area contributed by atoms with Gasteiger partial charge >= 0.3 is 0 Å². The van der Waals surface area contributed by atoms with E-state index in [1.165, 1.54) is 23.0 Å². The van der Waals surface area contributed by atoms with E-state index < -0.39 is 0 Å². The molecular formula is C14H25Br2N3. The van der Waals surface area contributed by atoms with E-state index in [0.717, 1.165) is 30.5 Å². The molecule has 0 atom stereocenters. The Morgan fingerprint density at radius 2 is 1.89 bits per heavy atom. The first-order valence-electron chi connectivity index (χ1n) is 7.09. The molecule has 0 aliphatic rings. The minimum atomic E-state index is 0.643. The van der Waals surface area contributed by atoms with Gasteiger partial charge in [0.05, 0.1) is 15.9 Å². The molecule has 1 rings (SSSR count). The molecule has 1 aromatic heterocycles. The lowest BCUT2D eigenvalue weighted by Gasteiger charge is -2.29. The molecule has 0 saturated heterocycles. The average molecular weight is 395 g/mol. The highest BCUT2D eigenvalue weighted by molar-refractivity contribution is 9.10. The van der Waals surface area contributed by atoms with Gasteiger partial charge < -0.3 is 0 Å². The maximum atomic E-state index is 4.58. The first-order chi connectivity index (χ1) is 9.08. The van der Waals surface area contributed by atoms with Crippen molar-refractivity contribution in [3.63, 3.8) is 0 Å². The lowest BCUT2D eigenvalue weighted by atomic mass is 10.1. The van der Waals surface area contributed by atoms with Crippen molar-refractivity contribution < 1.29 is 0 Å². The lowest BCUT2D eigenvalue weighted by Crippen LogP contribution is -2.36. The summed E-state index contributed by atoms with van der Waals surface area (Å²) >= 11 is 7.28. The molecule has 0 N–H and O–H groups in total. The van der Waals surface area contributed by atoms with Crippen LogP contribution in [0, 0.1) is 0 Å². The second kappa shape index (κ2) is 8.42. The predicted molar refractivity (Wildman–Crippen MR) is 88.9 cm³/mol. The Bertz CT molecular complexity index is 386. The van der Waals surface area contributed by atoms with Crippen LogP contribution in [-0.4, -0.2) is 32.6 Å². The van der Waals surface area contributed by atoms with E-state index in [1.807, 2.05) is 11.7 Å². The summed E-state index contributed by atoms with van der Waals surface area (Å²) in [4.78, 5) is 2.55. The molecular weight excluding hydrogens is 370 g/mol. The highest BCUT2D eigenvalue weighted by Crippen LogP contribution is 2.24. The molecule has 0 bridgehead atoms. The van der Waals surface area contributed by atoms with Gasteiger partial charge in [-0.15, -0.1) is 0 Å². The average Bonchev–Trinajstić information content (AvgIpc) is 2.67. The van der Waals surface area contributed by atoms with E-state index in [-0.39, 0.29) is 0 Å². The quantitative estimate of drug-likeness (QED) is 0.618. The molecule has 0 aliphatic carbocycles. The monoisotopic (exact) mass is 393 g/mol. The summed E-state index contributed by atoms with van der Waals surface area (Å²) in [5.41, 5.74) is 2.44. The first kappa shape index (κ1) is 17.2. The minimum Gasteiger partial charge on any atom is -0.294 e. The molecule has 1 heterocycles. The lowest BCUT2D eigenvalue weighted by molar-refractivity contribution is 0.184. The Kier molecular flexibility index (Phi) is 7.62. The van der Waals surface area contributed by atoms with Crippen LogP contribution in [-0.2, 0) is 20.0 Å². The van der Waals surface area contributed by atoms with E-state index in [0.29, 0.717) is 6.04 Å². The smallest absolute Gasteiger partial charge is 0.0767 e. The van der Waals surface area contributed by atoms with E-state index in [9.17, 15) is 0 Å². The Balaban J connectivity index is 2.92. The number of hydrogen-bond donors (Lipinski definition) is 0. The van der Waals surface area contributed by atoms with E-state index >= 15 is 0 Å². The number of rotatable bonds is 8. The van der Waals surface area contributed by atoms with Crippen molar-refractivity contribution in [1.29, 1.82) is 0 Å². The van der Waals surface area contributed by atoms with Crippen LogP contribution in [0.25, 0.3) is 0 Å². The molecule has 0 unspecified atom stereocenters. The zero-order valence-electron chi connectivity index (χ0n) is 12.4. The second-order valence-corrected chi connectivity index (χ2v) is 6.40. The number of hydrogen-bond acceptors (Lipinski definition) is 2. The van der Waals surface area contributed by atoms with E-state index in [2.05, 4.69) is 62.6 Å². The summed E-state index contributed by atoms with van der Waals surface area (Å²) in [5.74, 6) is 0. The largest absolute Gasteiger partial charge is 0.294 e. The van der Waals surface area contributed by atoms with Crippen molar-refractivity contribution in [2.45, 2.75) is 52.6 Å². The third-order valence-electron chi connectivity index (χ3n) is 3.69. The Labute approximate surface area is 134 Å². The number of nitrogens with zero attached hydrogens (tertiary/aromatic N) is 3. The highest BCUT2D eigenvalue weighted by atomic mass is 79.9. The van der Waals surface area contributed by atoms with Crippen LogP contribution in [0.5, 0.6) is 0 Å². The van der Waals surface area contributed by atoms with E-state index in [1.54, 1.807) is 0 Å². The number of halogens is 2. The Morgan fingerprint density at radius 1 is 1.26 bits per heavy atom. The molecule has 0 aromatic carbocycles. The maximum Gasteiger partial charge on any atom is 0.0767 e. The van der Waals surface area contributed by atoms with Crippen LogP contribution in [0.15, 0.2) is 4.47 Å². The maximum absolute atomic E-state index is 4.58. The molecule has 1 aromatic rings. The fraction of sp³-hybridized carbons (Fsp3) is 0.786. The van der Waals surface area contributed by atoms with Crippen molar-refractivity contribution in [1.82, 2.24) is 14.7 Å². The standard InChI is InChI=1S/C14H25Br2N3/c1-5-11(6-2)19(9-8-15)10-13-14(16)12(7-3)17-18(13)4/h11H,5-10H2,1-4H3. The van der Waals surface area contributed by atoms with Crippen molar-refractivity contribution in [3.8, 4) is 0 Å². The zero-order chi connectivity index (χ0) is 14.4. The van der Waals surface area contributed by atoms with Gasteiger partial charge in [-0.05, 0) is 35.2 Å². The zero-order valence-corrected chi connectivity index (χ0v) is 15.6. The summed E-state index contributed by atoms with van der Waals surface area (Å²) in [6.07, 6.45) is 3.36. The van der Waals surface area contributed by atoms with Crippen molar-refractivity contribution in [2.24, 2.45) is 7.05 Å². The van der Waals surface area contributed by atoms with Gasteiger partial charge in [0.15, 0.2) is 0 Å². The molecule has 0 aliphatic heterocycles. The van der Waals surface area contributed by atoms with Crippen LogP contribution in [0.3, 0.4) is 0 Å². The van der Waals surface area contributed by atoms with Crippen molar-refractivity contribution >= 4 is 31.9 Å². The van der Waals surface area contributed by atoms with Gasteiger partial charge in [0.2, 0.25) is 0 Å². The summed E-state index contributed by atoms with van der Waals surface area (Å²) in [6, 6.07) is 0.643. The molecule has 3 nitrogen and oxygen atoms in total. The summed E-state index contributed by atoms with van der Waals surface area (Å²) < 4.78 is 3.20. The van der Waals surface area contributed by atoms with Gasteiger partial charge in [0.25, 0.3) is 0 Å². The predicted octanol–water partition coefficient (Wildman–Crippen LogP) is 4.13.